The van der Waals surface area contributed by atoms with Gasteiger partial charge >= 0.3 is 0 Å². The van der Waals surface area contributed by atoms with Crippen LogP contribution in [0.25, 0.3) is 5.65 Å². The number of aromatic nitrogens is 3. The van der Waals surface area contributed by atoms with Crippen LogP contribution in [0.4, 0.5) is 4.39 Å². The lowest BCUT2D eigenvalue weighted by Crippen LogP contribution is -2.40. The number of benzene rings is 2. The number of ketones is 1. The van der Waals surface area contributed by atoms with E-state index in [0.29, 0.717) is 42.3 Å². The molecule has 2 aromatic carbocycles. The highest BCUT2D eigenvalue weighted by molar-refractivity contribution is 6.16. The van der Waals surface area contributed by atoms with Gasteiger partial charge in [0.25, 0.3) is 0 Å². The summed E-state index contributed by atoms with van der Waals surface area (Å²) in [6.45, 7) is 4.90. The summed E-state index contributed by atoms with van der Waals surface area (Å²) in [4.78, 5) is 24.8. The highest BCUT2D eigenvalue weighted by Crippen LogP contribution is 2.31. The Balaban J connectivity index is 1.18. The Morgan fingerprint density at radius 3 is 2.92 bits per heavy atom. The fourth-order valence-corrected chi connectivity index (χ4v) is 5.93. The monoisotopic (exact) mass is 511 g/mol. The lowest BCUT2D eigenvalue weighted by Gasteiger charge is -2.36. The second kappa shape index (κ2) is 10.1. The summed E-state index contributed by atoms with van der Waals surface area (Å²) < 4.78 is 21.7. The molecule has 8 heteroatoms. The molecule has 0 spiro atoms. The first-order chi connectivity index (χ1) is 18.5. The Kier molecular flexibility index (Phi) is 6.49. The summed E-state index contributed by atoms with van der Waals surface area (Å²) in [5.74, 6) is 1.07. The highest BCUT2D eigenvalue weighted by Gasteiger charge is 2.29. The van der Waals surface area contributed by atoms with Crippen LogP contribution < -0.4 is 4.74 Å². The van der Waals surface area contributed by atoms with Gasteiger partial charge in [-0.05, 0) is 54.2 Å². The molecule has 0 radical (unpaired) electrons. The van der Waals surface area contributed by atoms with Gasteiger partial charge in [-0.1, -0.05) is 25.1 Å². The quantitative estimate of drug-likeness (QED) is 0.328. The normalized spacial score (nSPS) is 19.4. The van der Waals surface area contributed by atoms with Crippen molar-refractivity contribution < 1.29 is 13.9 Å². The van der Waals surface area contributed by atoms with Gasteiger partial charge in [-0.2, -0.15) is 5.10 Å². The summed E-state index contributed by atoms with van der Waals surface area (Å²) >= 11 is 0. The first-order valence-corrected chi connectivity index (χ1v) is 13.0. The predicted octanol–water partition coefficient (Wildman–Crippen LogP) is 4.96. The average molecular weight is 512 g/mol. The van der Waals surface area contributed by atoms with Crippen molar-refractivity contribution in [2.75, 3.05) is 20.2 Å². The SMILES string of the molecule is COc1cccc(F)c1CN1C[C@@H](C)C[C@@H](CC(=O)c2ccc3c(c2)C(c2ccn4ncnc4c2)=NC3)C1. The van der Waals surface area contributed by atoms with E-state index >= 15 is 0 Å². The second-order valence-electron chi connectivity index (χ2n) is 10.5. The molecule has 2 aliphatic rings. The van der Waals surface area contributed by atoms with Crippen molar-refractivity contribution in [2.45, 2.75) is 32.9 Å². The molecule has 0 aliphatic carbocycles. The van der Waals surface area contributed by atoms with Crippen LogP contribution in [0, 0.1) is 17.7 Å². The van der Waals surface area contributed by atoms with Crippen molar-refractivity contribution >= 4 is 17.1 Å². The zero-order chi connectivity index (χ0) is 26.2. The number of piperidine rings is 1. The van der Waals surface area contributed by atoms with E-state index in [9.17, 15) is 9.18 Å². The molecule has 7 nitrogen and oxygen atoms in total. The number of likely N-dealkylation sites (tertiary alicyclic amines) is 1. The first kappa shape index (κ1) is 24.4. The summed E-state index contributed by atoms with van der Waals surface area (Å²) in [5, 5.41) is 4.16. The lowest BCUT2D eigenvalue weighted by atomic mass is 9.85. The van der Waals surface area contributed by atoms with Crippen molar-refractivity contribution in [2.24, 2.45) is 16.8 Å². The van der Waals surface area contributed by atoms with Crippen molar-refractivity contribution in [3.63, 3.8) is 0 Å². The first-order valence-electron chi connectivity index (χ1n) is 13.0. The molecular weight excluding hydrogens is 481 g/mol. The van der Waals surface area contributed by atoms with E-state index in [2.05, 4.69) is 21.9 Å². The number of carbonyl (C=O) groups excluding carboxylic acids is 1. The maximum atomic E-state index is 14.6. The van der Waals surface area contributed by atoms with Crippen molar-refractivity contribution in [3.05, 3.63) is 94.7 Å². The summed E-state index contributed by atoms with van der Waals surface area (Å²) in [5.41, 5.74) is 6.02. The molecule has 6 rings (SSSR count). The molecule has 38 heavy (non-hydrogen) atoms. The minimum Gasteiger partial charge on any atom is -0.496 e. The number of ether oxygens (including phenoxy) is 1. The number of nitrogens with zero attached hydrogens (tertiary/aromatic N) is 5. The van der Waals surface area contributed by atoms with Crippen LogP contribution in [-0.2, 0) is 13.1 Å². The third-order valence-electron chi connectivity index (χ3n) is 7.62. The number of fused-ring (bicyclic) bond motifs is 2. The minimum absolute atomic E-state index is 0.134. The van der Waals surface area contributed by atoms with Crippen LogP contribution in [0.15, 0.2) is 66.0 Å². The Bertz CT molecular complexity index is 1540. The summed E-state index contributed by atoms with van der Waals surface area (Å²) in [6.07, 6.45) is 4.85. The molecule has 0 unspecified atom stereocenters. The Hall–Kier alpha value is -3.91. The third-order valence-corrected chi connectivity index (χ3v) is 7.62. The molecular formula is C30H30FN5O2. The third kappa shape index (κ3) is 4.72. The number of rotatable bonds is 7. The van der Waals surface area contributed by atoms with Crippen molar-refractivity contribution in [3.8, 4) is 5.75 Å². The average Bonchev–Trinajstić information content (AvgIpc) is 3.55. The van der Waals surface area contributed by atoms with E-state index in [4.69, 9.17) is 9.73 Å². The van der Waals surface area contributed by atoms with E-state index in [0.717, 1.165) is 47.6 Å². The molecule has 4 aromatic rings. The topological polar surface area (TPSA) is 72.1 Å². The summed E-state index contributed by atoms with van der Waals surface area (Å²) in [6, 6.07) is 14.8. The number of hydrogen-bond donors (Lipinski definition) is 0. The van der Waals surface area contributed by atoms with E-state index < -0.39 is 0 Å². The highest BCUT2D eigenvalue weighted by atomic mass is 19.1. The molecule has 0 bridgehead atoms. The number of methoxy groups -OCH3 is 1. The largest absolute Gasteiger partial charge is 0.496 e. The number of hydrogen-bond acceptors (Lipinski definition) is 6. The predicted molar refractivity (Wildman–Crippen MR) is 143 cm³/mol. The maximum Gasteiger partial charge on any atom is 0.163 e. The fraction of sp³-hybridized carbons (Fsp3) is 0.333. The molecule has 4 heterocycles. The minimum atomic E-state index is -0.256. The molecule has 2 atom stereocenters. The van der Waals surface area contributed by atoms with Gasteiger partial charge in [-0.3, -0.25) is 14.7 Å². The molecule has 1 saturated heterocycles. The van der Waals surface area contributed by atoms with Crippen LogP contribution >= 0.6 is 0 Å². The zero-order valence-corrected chi connectivity index (χ0v) is 21.6. The van der Waals surface area contributed by atoms with Gasteiger partial charge in [-0.15, -0.1) is 0 Å². The van der Waals surface area contributed by atoms with Crippen molar-refractivity contribution in [1.82, 2.24) is 19.5 Å². The maximum absolute atomic E-state index is 14.6. The number of Topliss-reactive ketones (excluding diaryl/α,β-unsaturated/α-hetero) is 1. The Morgan fingerprint density at radius 2 is 2.05 bits per heavy atom. The van der Waals surface area contributed by atoms with Gasteiger partial charge in [0.15, 0.2) is 11.4 Å². The standard InChI is InChI=1S/C30H30FN5O2/c1-19-10-20(16-35(15-19)17-25-26(31)4-3-5-28(25)38-2)11-27(37)21-6-7-23-14-32-30(24(23)12-21)22-8-9-36-29(13-22)33-18-34-36/h3-9,12-13,18-20H,10-11,14-17H2,1-2H3/t19-,20-/m0/s1. The number of carbonyl (C=O) groups is 1. The van der Waals surface area contributed by atoms with E-state index in [1.807, 2.05) is 36.5 Å². The molecule has 2 aliphatic heterocycles. The van der Waals surface area contributed by atoms with Crippen LogP contribution in [0.1, 0.15) is 52.4 Å². The summed E-state index contributed by atoms with van der Waals surface area (Å²) in [7, 11) is 1.57. The van der Waals surface area contributed by atoms with Crippen LogP contribution in [0.2, 0.25) is 0 Å². The molecule has 2 aromatic heterocycles. The molecule has 1 fully saturated rings. The van der Waals surface area contributed by atoms with E-state index in [1.54, 1.807) is 23.8 Å². The zero-order valence-electron chi connectivity index (χ0n) is 21.6. The van der Waals surface area contributed by atoms with Gasteiger partial charge < -0.3 is 4.74 Å². The van der Waals surface area contributed by atoms with Gasteiger partial charge in [0.2, 0.25) is 0 Å². The molecule has 0 saturated carbocycles. The van der Waals surface area contributed by atoms with Crippen LogP contribution in [0.5, 0.6) is 5.75 Å². The van der Waals surface area contributed by atoms with Crippen LogP contribution in [0.3, 0.4) is 0 Å². The van der Waals surface area contributed by atoms with Crippen molar-refractivity contribution in [1.29, 1.82) is 0 Å². The molecule has 0 amide bonds. The van der Waals surface area contributed by atoms with Gasteiger partial charge in [-0.25, -0.2) is 13.9 Å². The Morgan fingerprint density at radius 1 is 1.16 bits per heavy atom. The fourth-order valence-electron chi connectivity index (χ4n) is 5.93. The number of pyridine rings is 1. The second-order valence-corrected chi connectivity index (χ2v) is 10.5. The smallest absolute Gasteiger partial charge is 0.163 e. The number of halogens is 1. The van der Waals surface area contributed by atoms with E-state index in [1.165, 1.54) is 12.4 Å². The lowest BCUT2D eigenvalue weighted by molar-refractivity contribution is 0.0856. The van der Waals surface area contributed by atoms with Gasteiger partial charge in [0, 0.05) is 54.5 Å². The molecule has 0 N–H and O–H groups in total. The van der Waals surface area contributed by atoms with E-state index in [-0.39, 0.29) is 17.5 Å². The Labute approximate surface area is 221 Å². The van der Waals surface area contributed by atoms with Gasteiger partial charge in [0.05, 0.1) is 19.4 Å². The molecule has 194 valence electrons. The van der Waals surface area contributed by atoms with Gasteiger partial charge in [0.1, 0.15) is 17.9 Å². The van der Waals surface area contributed by atoms with Crippen LogP contribution in [-0.4, -0.2) is 51.2 Å². The number of aliphatic imine (C=N–C) groups is 1.